The van der Waals surface area contributed by atoms with E-state index in [9.17, 15) is 0 Å². The van der Waals surface area contributed by atoms with Gasteiger partial charge in [0.25, 0.3) is 0 Å². The van der Waals surface area contributed by atoms with Crippen LogP contribution in [0, 0.1) is 5.92 Å². The van der Waals surface area contributed by atoms with Gasteiger partial charge < -0.3 is 0 Å². The zero-order chi connectivity index (χ0) is 13.0. The van der Waals surface area contributed by atoms with Gasteiger partial charge in [0.2, 0.25) is 0 Å². The molecule has 0 aliphatic rings. The van der Waals surface area contributed by atoms with Crippen molar-refractivity contribution in [3.8, 4) is 0 Å². The highest BCUT2D eigenvalue weighted by Gasteiger charge is 2.11. The fraction of sp³-hybridized carbons (Fsp3) is 0.294. The molecule has 1 heteroatoms. The third kappa shape index (κ3) is 3.36. The van der Waals surface area contributed by atoms with E-state index in [0.717, 1.165) is 6.42 Å². The van der Waals surface area contributed by atoms with Crippen LogP contribution in [0.5, 0.6) is 0 Å². The Hall–Kier alpha value is -1.27. The van der Waals surface area contributed by atoms with E-state index in [1.807, 2.05) is 6.07 Å². The van der Waals surface area contributed by atoms with Crippen LogP contribution in [0.4, 0.5) is 0 Å². The van der Waals surface area contributed by atoms with Gasteiger partial charge in [0.15, 0.2) is 0 Å². The first-order valence-electron chi connectivity index (χ1n) is 6.43. The van der Waals surface area contributed by atoms with Crippen LogP contribution in [-0.2, 0) is 6.42 Å². The van der Waals surface area contributed by atoms with E-state index in [1.165, 1.54) is 16.7 Å². The van der Waals surface area contributed by atoms with E-state index in [0.29, 0.717) is 5.92 Å². The lowest BCUT2D eigenvalue weighted by molar-refractivity contribution is 0.624. The number of halogens is 1. The Morgan fingerprint density at radius 2 is 1.39 bits per heavy atom. The summed E-state index contributed by atoms with van der Waals surface area (Å²) in [5.41, 5.74) is 3.89. The molecule has 0 aliphatic heterocycles. The summed E-state index contributed by atoms with van der Waals surface area (Å²) in [5, 5.41) is 0.107. The SMILES string of the molecule is CC(C)C(Cl)c1ccc(Cc2ccccc2)cc1. The zero-order valence-electron chi connectivity index (χ0n) is 10.9. The van der Waals surface area contributed by atoms with Crippen molar-refractivity contribution in [2.24, 2.45) is 5.92 Å². The molecule has 0 heterocycles. The largest absolute Gasteiger partial charge is 0.118 e. The first kappa shape index (κ1) is 13.2. The molecule has 0 N–H and O–H groups in total. The Morgan fingerprint density at radius 1 is 0.833 bits per heavy atom. The monoisotopic (exact) mass is 258 g/mol. The highest BCUT2D eigenvalue weighted by molar-refractivity contribution is 6.20. The normalized spacial score (nSPS) is 12.7. The lowest BCUT2D eigenvalue weighted by atomic mass is 9.99. The van der Waals surface area contributed by atoms with Crippen molar-refractivity contribution in [3.05, 3.63) is 71.3 Å². The van der Waals surface area contributed by atoms with E-state index in [4.69, 9.17) is 11.6 Å². The molecule has 0 aliphatic carbocycles. The van der Waals surface area contributed by atoms with Gasteiger partial charge in [0.1, 0.15) is 0 Å². The molecule has 0 amide bonds. The summed E-state index contributed by atoms with van der Waals surface area (Å²) in [7, 11) is 0. The average Bonchev–Trinajstić information content (AvgIpc) is 2.40. The molecule has 2 rings (SSSR count). The molecule has 0 fully saturated rings. The van der Waals surface area contributed by atoms with Crippen molar-refractivity contribution < 1.29 is 0 Å². The maximum absolute atomic E-state index is 6.35. The Balaban J connectivity index is 2.09. The number of hydrogen-bond donors (Lipinski definition) is 0. The second-order valence-corrected chi connectivity index (χ2v) is 5.52. The molecule has 0 radical (unpaired) electrons. The first-order valence-corrected chi connectivity index (χ1v) is 6.87. The van der Waals surface area contributed by atoms with Crippen molar-refractivity contribution >= 4 is 11.6 Å². The number of hydrogen-bond acceptors (Lipinski definition) is 0. The molecule has 0 aromatic heterocycles. The highest BCUT2D eigenvalue weighted by atomic mass is 35.5. The van der Waals surface area contributed by atoms with Crippen molar-refractivity contribution in [3.63, 3.8) is 0 Å². The fourth-order valence-corrected chi connectivity index (χ4v) is 2.18. The predicted octanol–water partition coefficient (Wildman–Crippen LogP) is 5.21. The van der Waals surface area contributed by atoms with Crippen LogP contribution in [0.3, 0.4) is 0 Å². The van der Waals surface area contributed by atoms with Crippen molar-refractivity contribution in [1.82, 2.24) is 0 Å². The first-order chi connectivity index (χ1) is 8.66. The quantitative estimate of drug-likeness (QED) is 0.660. The van der Waals surface area contributed by atoms with Gasteiger partial charge >= 0.3 is 0 Å². The summed E-state index contributed by atoms with van der Waals surface area (Å²) in [6.07, 6.45) is 0.982. The third-order valence-electron chi connectivity index (χ3n) is 3.13. The van der Waals surface area contributed by atoms with Crippen LogP contribution in [0.2, 0.25) is 0 Å². The summed E-state index contributed by atoms with van der Waals surface area (Å²) in [5.74, 6) is 0.464. The molecule has 94 valence electrons. The summed E-state index contributed by atoms with van der Waals surface area (Å²) < 4.78 is 0. The smallest absolute Gasteiger partial charge is 0.0608 e. The van der Waals surface area contributed by atoms with Gasteiger partial charge in [-0.05, 0) is 29.0 Å². The summed E-state index contributed by atoms with van der Waals surface area (Å²) in [4.78, 5) is 0. The average molecular weight is 259 g/mol. The van der Waals surface area contributed by atoms with Gasteiger partial charge in [-0.1, -0.05) is 68.4 Å². The maximum Gasteiger partial charge on any atom is 0.0608 e. The van der Waals surface area contributed by atoms with Crippen molar-refractivity contribution in [1.29, 1.82) is 0 Å². The van der Waals surface area contributed by atoms with Gasteiger partial charge in [-0.3, -0.25) is 0 Å². The lowest BCUT2D eigenvalue weighted by Gasteiger charge is -2.14. The van der Waals surface area contributed by atoms with E-state index < -0.39 is 0 Å². The highest BCUT2D eigenvalue weighted by Crippen LogP contribution is 2.28. The molecular formula is C17H19Cl. The van der Waals surface area contributed by atoms with E-state index in [1.54, 1.807) is 0 Å². The molecule has 18 heavy (non-hydrogen) atoms. The molecule has 0 saturated heterocycles. The standard InChI is InChI=1S/C17H19Cl/c1-13(2)17(18)16-10-8-15(9-11-16)12-14-6-4-3-5-7-14/h3-11,13,17H,12H2,1-2H3. The second kappa shape index (κ2) is 6.06. The molecule has 1 unspecified atom stereocenters. The van der Waals surface area contributed by atoms with E-state index in [2.05, 4.69) is 62.4 Å². The van der Waals surface area contributed by atoms with Crippen molar-refractivity contribution in [2.75, 3.05) is 0 Å². The minimum atomic E-state index is 0.107. The molecule has 0 bridgehead atoms. The van der Waals surface area contributed by atoms with E-state index in [-0.39, 0.29) is 5.38 Å². The molecular weight excluding hydrogens is 240 g/mol. The Kier molecular flexibility index (Phi) is 4.43. The minimum Gasteiger partial charge on any atom is -0.118 e. The molecule has 1 atom stereocenters. The molecule has 2 aromatic carbocycles. The fourth-order valence-electron chi connectivity index (χ4n) is 2.04. The maximum atomic E-state index is 6.35. The summed E-state index contributed by atoms with van der Waals surface area (Å²) in [6.45, 7) is 4.30. The van der Waals surface area contributed by atoms with Gasteiger partial charge in [-0.15, -0.1) is 11.6 Å². The minimum absolute atomic E-state index is 0.107. The summed E-state index contributed by atoms with van der Waals surface area (Å²) >= 11 is 6.35. The second-order valence-electron chi connectivity index (χ2n) is 5.05. The van der Waals surface area contributed by atoms with Crippen molar-refractivity contribution in [2.45, 2.75) is 25.6 Å². The number of alkyl halides is 1. The van der Waals surface area contributed by atoms with Gasteiger partial charge in [0, 0.05) is 0 Å². The number of rotatable bonds is 4. The Labute approximate surface area is 115 Å². The van der Waals surface area contributed by atoms with Crippen LogP contribution < -0.4 is 0 Å². The van der Waals surface area contributed by atoms with E-state index >= 15 is 0 Å². The van der Waals surface area contributed by atoms with Gasteiger partial charge in [-0.25, -0.2) is 0 Å². The topological polar surface area (TPSA) is 0 Å². The number of benzene rings is 2. The van der Waals surface area contributed by atoms with Crippen LogP contribution in [0.15, 0.2) is 54.6 Å². The van der Waals surface area contributed by atoms with Gasteiger partial charge in [-0.2, -0.15) is 0 Å². The Bertz CT molecular complexity index is 471. The third-order valence-corrected chi connectivity index (χ3v) is 3.89. The van der Waals surface area contributed by atoms with Crippen LogP contribution in [0.25, 0.3) is 0 Å². The van der Waals surface area contributed by atoms with Crippen LogP contribution in [0.1, 0.15) is 35.9 Å². The van der Waals surface area contributed by atoms with Crippen LogP contribution in [-0.4, -0.2) is 0 Å². The molecule has 0 spiro atoms. The predicted molar refractivity (Wildman–Crippen MR) is 79.1 cm³/mol. The molecule has 0 saturated carbocycles. The van der Waals surface area contributed by atoms with Crippen LogP contribution >= 0.6 is 11.6 Å². The zero-order valence-corrected chi connectivity index (χ0v) is 11.7. The van der Waals surface area contributed by atoms with Gasteiger partial charge in [0.05, 0.1) is 5.38 Å². The molecule has 0 nitrogen and oxygen atoms in total. The lowest BCUT2D eigenvalue weighted by Crippen LogP contribution is -1.99. The molecule has 2 aromatic rings. The Morgan fingerprint density at radius 3 is 1.94 bits per heavy atom. The summed E-state index contributed by atoms with van der Waals surface area (Å²) in [6, 6.07) is 19.2.